The van der Waals surface area contributed by atoms with E-state index in [2.05, 4.69) is 10.4 Å². The zero-order valence-corrected chi connectivity index (χ0v) is 29.8. The lowest BCUT2D eigenvalue weighted by Gasteiger charge is -2.39. The minimum atomic E-state index is -3.00. The summed E-state index contributed by atoms with van der Waals surface area (Å²) in [6.45, 7) is 1.01. The van der Waals surface area contributed by atoms with Crippen molar-refractivity contribution >= 4 is 30.4 Å². The van der Waals surface area contributed by atoms with Gasteiger partial charge in [-0.1, -0.05) is 11.6 Å². The molecule has 18 heteroatoms. The van der Waals surface area contributed by atoms with E-state index < -0.39 is 61.9 Å². The zero-order chi connectivity index (χ0) is 36.6. The van der Waals surface area contributed by atoms with E-state index in [0.717, 1.165) is 11.1 Å². The first-order valence-electron chi connectivity index (χ1n) is 16.3. The Kier molecular flexibility index (Phi) is 11.2. The van der Waals surface area contributed by atoms with Crippen molar-refractivity contribution < 1.29 is 67.9 Å². The number of phenols is 1. The molecule has 0 aliphatic carbocycles. The number of benzene rings is 2. The molecule has 2 saturated heterocycles. The number of hydrogen-bond donors (Lipinski definition) is 7. The molecule has 2 aromatic carbocycles. The van der Waals surface area contributed by atoms with E-state index in [9.17, 15) is 35.1 Å². The van der Waals surface area contributed by atoms with Crippen LogP contribution in [-0.2, 0) is 43.8 Å². The van der Waals surface area contributed by atoms with E-state index in [-0.39, 0.29) is 42.6 Å². The molecular formula is C33H41N2O14PS. The quantitative estimate of drug-likeness (QED) is 0.0691. The molecular weight excluding hydrogens is 711 g/mol. The summed E-state index contributed by atoms with van der Waals surface area (Å²) >= 11 is 5.67. The molecule has 0 radical (unpaired) electrons. The average molecular weight is 753 g/mol. The van der Waals surface area contributed by atoms with Crippen molar-refractivity contribution in [2.75, 3.05) is 33.4 Å². The maximum Gasteiger partial charge on any atom is 0.365 e. The standard InChI is InChI=1S/C33H41N2O14PS/c1-15(4-6-19-26(37)25-20(14-44-32(25)42)16(2)30(19)43-3)10-35-50(51)48-22-7-5-18(9-23(22)49-50)46-31(41)21-8-17(11-34-21)13-45-33-29(40)28(39)27(38)24(12-36)47-33/h4-5,7,9,17,21,24,27-29,33-34,36-40H,6,8,10-14H2,1-3H3,(H,35,51)/b15-4+/t17?,21-,24+,27-,28-,29+,33?,50?/m0/s1. The third kappa shape index (κ3) is 7.74. The normalized spacial score (nSPS) is 29.9. The number of phenolic OH excluding ortho intramolecular Hbond substituents is 1. The van der Waals surface area contributed by atoms with E-state index in [1.165, 1.54) is 13.2 Å². The van der Waals surface area contributed by atoms with E-state index >= 15 is 0 Å². The third-order valence-electron chi connectivity index (χ3n) is 9.28. The van der Waals surface area contributed by atoms with Crippen LogP contribution in [0.2, 0.25) is 0 Å². The van der Waals surface area contributed by atoms with Gasteiger partial charge in [0.1, 0.15) is 59.9 Å². The number of cyclic esters (lactones) is 1. The van der Waals surface area contributed by atoms with Gasteiger partial charge in [-0.3, -0.25) is 0 Å². The highest BCUT2D eigenvalue weighted by molar-refractivity contribution is 8.09. The summed E-state index contributed by atoms with van der Waals surface area (Å²) in [6.07, 6.45) is -4.34. The fraction of sp³-hybridized carbons (Fsp3) is 0.515. The Balaban J connectivity index is 0.991. The lowest BCUT2D eigenvalue weighted by Crippen LogP contribution is -2.59. The summed E-state index contributed by atoms with van der Waals surface area (Å²) in [5, 5.41) is 56.6. The fourth-order valence-electron chi connectivity index (χ4n) is 6.38. The van der Waals surface area contributed by atoms with Gasteiger partial charge in [-0.25, -0.2) is 14.7 Å². The van der Waals surface area contributed by atoms with Gasteiger partial charge in [-0.2, -0.15) is 0 Å². The summed E-state index contributed by atoms with van der Waals surface area (Å²) in [5.74, 6) is 0.0396. The highest BCUT2D eigenvalue weighted by Crippen LogP contribution is 2.56. The topological polar surface area (TPSA) is 224 Å². The van der Waals surface area contributed by atoms with Crippen molar-refractivity contribution in [3.8, 4) is 28.7 Å². The first kappa shape index (κ1) is 37.4. The van der Waals surface area contributed by atoms with Gasteiger partial charge < -0.3 is 63.6 Å². The maximum absolute atomic E-state index is 13.0. The van der Waals surface area contributed by atoms with Gasteiger partial charge in [-0.05, 0) is 50.3 Å². The molecule has 0 bridgehead atoms. The van der Waals surface area contributed by atoms with Crippen LogP contribution in [0.5, 0.6) is 28.7 Å². The summed E-state index contributed by atoms with van der Waals surface area (Å²) < 4.78 is 39.2. The van der Waals surface area contributed by atoms with Crippen molar-refractivity contribution in [1.29, 1.82) is 0 Å². The largest absolute Gasteiger partial charge is 0.507 e. The predicted octanol–water partition coefficient (Wildman–Crippen LogP) is 0.854. The van der Waals surface area contributed by atoms with Gasteiger partial charge in [0.2, 0.25) is 0 Å². The molecule has 6 rings (SSSR count). The highest BCUT2D eigenvalue weighted by Gasteiger charge is 2.44. The Labute approximate surface area is 298 Å². The van der Waals surface area contributed by atoms with E-state index in [1.807, 2.05) is 19.9 Å². The second-order valence-corrected chi connectivity index (χ2v) is 15.9. The Morgan fingerprint density at radius 1 is 1.18 bits per heavy atom. The van der Waals surface area contributed by atoms with Gasteiger partial charge in [0.15, 0.2) is 17.8 Å². The number of methoxy groups -OCH3 is 1. The number of esters is 2. The second-order valence-electron chi connectivity index (χ2n) is 12.8. The van der Waals surface area contributed by atoms with Gasteiger partial charge in [0.05, 0.1) is 20.3 Å². The van der Waals surface area contributed by atoms with Crippen LogP contribution in [0.15, 0.2) is 29.8 Å². The monoisotopic (exact) mass is 752 g/mol. The molecule has 2 fully saturated rings. The summed E-state index contributed by atoms with van der Waals surface area (Å²) in [7, 11) is 1.51. The molecule has 0 saturated carbocycles. The first-order valence-corrected chi connectivity index (χ1v) is 19.0. The van der Waals surface area contributed by atoms with Crippen LogP contribution in [0.1, 0.15) is 40.4 Å². The minimum absolute atomic E-state index is 0.0799. The van der Waals surface area contributed by atoms with Gasteiger partial charge in [0, 0.05) is 42.1 Å². The van der Waals surface area contributed by atoms with Crippen molar-refractivity contribution in [2.45, 2.75) is 70.0 Å². The van der Waals surface area contributed by atoms with Crippen LogP contribution in [0, 0.1) is 12.8 Å². The van der Waals surface area contributed by atoms with E-state index in [1.54, 1.807) is 12.1 Å². The van der Waals surface area contributed by atoms with Crippen molar-refractivity contribution in [2.24, 2.45) is 5.92 Å². The van der Waals surface area contributed by atoms with Crippen molar-refractivity contribution in [1.82, 2.24) is 10.4 Å². The first-order chi connectivity index (χ1) is 24.3. The van der Waals surface area contributed by atoms with Gasteiger partial charge >= 0.3 is 18.6 Å². The number of fused-ring (bicyclic) bond motifs is 2. The van der Waals surface area contributed by atoms with Crippen LogP contribution in [-0.4, -0.2) is 108 Å². The highest BCUT2D eigenvalue weighted by atomic mass is 32.5. The number of carbonyl (C=O) groups excluding carboxylic acids is 2. The van der Waals surface area contributed by atoms with Gasteiger partial charge in [0.25, 0.3) is 0 Å². The van der Waals surface area contributed by atoms with Crippen LogP contribution < -0.4 is 28.9 Å². The fourth-order valence-corrected chi connectivity index (χ4v) is 8.47. The number of hydrogen-bond acceptors (Lipinski definition) is 16. The number of allylic oxidation sites excluding steroid dienone is 1. The molecule has 4 heterocycles. The number of rotatable bonds is 12. The molecule has 4 aliphatic heterocycles. The zero-order valence-electron chi connectivity index (χ0n) is 28.1. The smallest absolute Gasteiger partial charge is 0.365 e. The molecule has 2 aromatic rings. The molecule has 0 amide bonds. The molecule has 0 spiro atoms. The molecule has 3 unspecified atom stereocenters. The Hall–Kier alpha value is -3.35. The van der Waals surface area contributed by atoms with E-state index in [0.29, 0.717) is 47.9 Å². The average Bonchev–Trinajstić information content (AvgIpc) is 3.83. The Morgan fingerprint density at radius 2 is 1.94 bits per heavy atom. The minimum Gasteiger partial charge on any atom is -0.507 e. The molecule has 8 atom stereocenters. The van der Waals surface area contributed by atoms with Crippen LogP contribution in [0.3, 0.4) is 0 Å². The van der Waals surface area contributed by atoms with Gasteiger partial charge in [-0.15, -0.1) is 0 Å². The second kappa shape index (κ2) is 15.3. The molecule has 4 aliphatic rings. The lowest BCUT2D eigenvalue weighted by molar-refractivity contribution is -0.302. The molecule has 16 nitrogen and oxygen atoms in total. The Morgan fingerprint density at radius 3 is 2.69 bits per heavy atom. The van der Waals surface area contributed by atoms with Crippen molar-refractivity contribution in [3.63, 3.8) is 0 Å². The number of carbonyl (C=O) groups is 2. The van der Waals surface area contributed by atoms with Crippen LogP contribution in [0.25, 0.3) is 0 Å². The predicted molar refractivity (Wildman–Crippen MR) is 181 cm³/mol. The van der Waals surface area contributed by atoms with E-state index in [4.69, 9.17) is 44.5 Å². The van der Waals surface area contributed by atoms with Crippen LogP contribution >= 0.6 is 6.64 Å². The molecule has 51 heavy (non-hydrogen) atoms. The number of aliphatic hydroxyl groups is 4. The third-order valence-corrected chi connectivity index (χ3v) is 11.5. The SMILES string of the molecule is COc1c(C)c2c(c(O)c1C/C=C(\C)CNP1(=S)Oc3ccc(OC(=O)[C@@H]4CC(COC5O[C@H](CO)[C@H](O)[C@H](O)[C@H]5O)CN4)cc3O1)C(=O)OC2. The number of ether oxygens (including phenoxy) is 5. The molecule has 0 aromatic heterocycles. The molecule has 7 N–H and O–H groups in total. The number of nitrogens with one attached hydrogen (secondary N) is 2. The Bertz CT molecular complexity index is 1750. The summed E-state index contributed by atoms with van der Waals surface area (Å²) in [5.41, 5.74) is 2.86. The lowest BCUT2D eigenvalue weighted by atomic mass is 9.95. The summed E-state index contributed by atoms with van der Waals surface area (Å²) in [6, 6.07) is 4.05. The maximum atomic E-state index is 13.0. The summed E-state index contributed by atoms with van der Waals surface area (Å²) in [4.78, 5) is 25.2. The molecule has 278 valence electrons. The van der Waals surface area contributed by atoms with Crippen molar-refractivity contribution in [3.05, 3.63) is 52.1 Å². The number of aromatic hydroxyl groups is 1. The number of aliphatic hydroxyl groups excluding tert-OH is 4. The van der Waals surface area contributed by atoms with Crippen LogP contribution in [0.4, 0.5) is 0 Å².